The maximum Gasteiger partial charge on any atom is 0.157 e. The molecule has 1 saturated heterocycles. The molecule has 4 nitrogen and oxygen atoms in total. The number of pyridine rings is 1. The average molecular weight is 265 g/mol. The third kappa shape index (κ3) is 2.22. The molecule has 0 radical (unpaired) electrons. The van der Waals surface area contributed by atoms with Gasteiger partial charge in [-0.25, -0.2) is 9.50 Å². The molecule has 2 aromatic heterocycles. The number of rotatable bonds is 2. The molecule has 3 rings (SSSR count). The first-order valence-electron chi connectivity index (χ1n) is 6.50. The van der Waals surface area contributed by atoms with Crippen LogP contribution in [0, 0.1) is 0 Å². The van der Waals surface area contributed by atoms with Gasteiger partial charge in [-0.2, -0.15) is 5.10 Å². The molecule has 18 heavy (non-hydrogen) atoms. The van der Waals surface area contributed by atoms with Gasteiger partial charge in [-0.15, -0.1) is 0 Å². The summed E-state index contributed by atoms with van der Waals surface area (Å²) in [5.41, 5.74) is 0.843. The molecule has 3 heterocycles. The summed E-state index contributed by atoms with van der Waals surface area (Å²) in [6.07, 6.45) is 4.17. The fourth-order valence-electron chi connectivity index (χ4n) is 2.55. The van der Waals surface area contributed by atoms with Gasteiger partial charge < -0.3 is 4.90 Å². The predicted octanol–water partition coefficient (Wildman–Crippen LogP) is 2.58. The van der Waals surface area contributed by atoms with Gasteiger partial charge in [-0.1, -0.05) is 18.5 Å². The van der Waals surface area contributed by atoms with Crippen molar-refractivity contribution in [3.63, 3.8) is 0 Å². The molecule has 0 saturated carbocycles. The molecule has 1 fully saturated rings. The summed E-state index contributed by atoms with van der Waals surface area (Å²) in [5, 5.41) is 5.27. The van der Waals surface area contributed by atoms with Crippen molar-refractivity contribution in [1.82, 2.24) is 19.5 Å². The zero-order valence-corrected chi connectivity index (χ0v) is 11.3. The van der Waals surface area contributed by atoms with Crippen molar-refractivity contribution in [2.75, 3.05) is 19.6 Å². The van der Waals surface area contributed by atoms with Gasteiger partial charge in [0.05, 0.1) is 0 Å². The Balaban J connectivity index is 1.82. The molecule has 0 atom stereocenters. The van der Waals surface area contributed by atoms with Crippen LogP contribution in [0.5, 0.6) is 0 Å². The Morgan fingerprint density at radius 2 is 2.17 bits per heavy atom. The lowest BCUT2D eigenvalue weighted by Crippen LogP contribution is -2.32. The van der Waals surface area contributed by atoms with Gasteiger partial charge in [0.25, 0.3) is 0 Å². The first-order chi connectivity index (χ1) is 8.76. The molecule has 0 aromatic carbocycles. The van der Waals surface area contributed by atoms with E-state index in [0.717, 1.165) is 43.9 Å². The van der Waals surface area contributed by atoms with Gasteiger partial charge in [-0.3, -0.25) is 0 Å². The third-order valence-electron chi connectivity index (χ3n) is 3.72. The second-order valence-corrected chi connectivity index (χ2v) is 5.26. The van der Waals surface area contributed by atoms with Crippen molar-refractivity contribution in [1.29, 1.82) is 0 Å². The minimum absolute atomic E-state index is 0.492. The van der Waals surface area contributed by atoms with E-state index in [1.165, 1.54) is 0 Å². The summed E-state index contributed by atoms with van der Waals surface area (Å²) < 4.78 is 1.81. The summed E-state index contributed by atoms with van der Waals surface area (Å²) in [5.74, 6) is 1.46. The number of fused-ring (bicyclic) bond motifs is 1. The van der Waals surface area contributed by atoms with Crippen LogP contribution in [-0.2, 0) is 0 Å². The Morgan fingerprint density at radius 3 is 2.89 bits per heavy atom. The molecular weight excluding hydrogens is 248 g/mol. The molecule has 5 heteroatoms. The van der Waals surface area contributed by atoms with E-state index in [1.807, 2.05) is 22.8 Å². The number of likely N-dealkylation sites (tertiary alicyclic amines) is 1. The lowest BCUT2D eigenvalue weighted by Gasteiger charge is -2.29. The number of aromatic nitrogens is 3. The standard InChI is InChI=1S/C13H17ClN4/c1-2-17-6-3-10(4-7-17)13-15-12-9-11(14)5-8-18(12)16-13/h5,8-10H,2-4,6-7H2,1H3. The molecule has 0 spiro atoms. The number of hydrogen-bond donors (Lipinski definition) is 0. The number of halogens is 1. The van der Waals surface area contributed by atoms with Crippen LogP contribution in [-0.4, -0.2) is 39.1 Å². The van der Waals surface area contributed by atoms with Crippen molar-refractivity contribution >= 4 is 17.2 Å². The Bertz CT molecular complexity index is 543. The second kappa shape index (κ2) is 4.86. The van der Waals surface area contributed by atoms with Crippen molar-refractivity contribution in [2.24, 2.45) is 0 Å². The van der Waals surface area contributed by atoms with Crippen molar-refractivity contribution < 1.29 is 0 Å². The molecule has 0 N–H and O–H groups in total. The van der Waals surface area contributed by atoms with Crippen molar-refractivity contribution in [3.8, 4) is 0 Å². The van der Waals surface area contributed by atoms with Gasteiger partial charge in [-0.05, 0) is 38.5 Å². The van der Waals surface area contributed by atoms with E-state index >= 15 is 0 Å². The molecule has 0 unspecified atom stereocenters. The van der Waals surface area contributed by atoms with Gasteiger partial charge in [0, 0.05) is 23.2 Å². The van der Waals surface area contributed by atoms with E-state index in [0.29, 0.717) is 10.9 Å². The predicted molar refractivity (Wildman–Crippen MR) is 72.1 cm³/mol. The van der Waals surface area contributed by atoms with Gasteiger partial charge in [0.2, 0.25) is 0 Å². The summed E-state index contributed by atoms with van der Waals surface area (Å²) in [6, 6.07) is 3.70. The Hall–Kier alpha value is -1.13. The number of hydrogen-bond acceptors (Lipinski definition) is 3. The zero-order valence-electron chi connectivity index (χ0n) is 10.5. The van der Waals surface area contributed by atoms with Gasteiger partial charge in [0.15, 0.2) is 11.5 Å². The normalized spacial score (nSPS) is 18.6. The highest BCUT2D eigenvalue weighted by Crippen LogP contribution is 2.26. The zero-order chi connectivity index (χ0) is 12.5. The molecule has 0 amide bonds. The Morgan fingerprint density at radius 1 is 1.39 bits per heavy atom. The van der Waals surface area contributed by atoms with E-state index in [1.54, 1.807) is 0 Å². The fourth-order valence-corrected chi connectivity index (χ4v) is 2.71. The van der Waals surface area contributed by atoms with E-state index in [2.05, 4.69) is 21.9 Å². The van der Waals surface area contributed by atoms with Crippen LogP contribution in [0.3, 0.4) is 0 Å². The van der Waals surface area contributed by atoms with Crippen LogP contribution in [0.4, 0.5) is 0 Å². The van der Waals surface area contributed by atoms with Crippen LogP contribution >= 0.6 is 11.6 Å². The third-order valence-corrected chi connectivity index (χ3v) is 3.95. The van der Waals surface area contributed by atoms with Gasteiger partial charge in [0.1, 0.15) is 0 Å². The SMILES string of the molecule is CCN1CCC(c2nc3cc(Cl)ccn3n2)CC1. The fraction of sp³-hybridized carbons (Fsp3) is 0.538. The van der Waals surface area contributed by atoms with E-state index < -0.39 is 0 Å². The second-order valence-electron chi connectivity index (χ2n) is 4.83. The topological polar surface area (TPSA) is 33.4 Å². The summed E-state index contributed by atoms with van der Waals surface area (Å²) in [6.45, 7) is 5.65. The average Bonchev–Trinajstić information content (AvgIpc) is 2.81. The van der Waals surface area contributed by atoms with E-state index in [-0.39, 0.29) is 0 Å². The van der Waals surface area contributed by atoms with Crippen LogP contribution in [0.15, 0.2) is 18.3 Å². The molecule has 0 aliphatic carbocycles. The Kier molecular flexibility index (Phi) is 3.22. The largest absolute Gasteiger partial charge is 0.304 e. The monoisotopic (exact) mass is 264 g/mol. The number of piperidine rings is 1. The van der Waals surface area contributed by atoms with Crippen LogP contribution in [0.1, 0.15) is 31.5 Å². The van der Waals surface area contributed by atoms with Gasteiger partial charge >= 0.3 is 0 Å². The first kappa shape index (κ1) is 11.9. The molecule has 0 bridgehead atoms. The molecular formula is C13H17ClN4. The maximum absolute atomic E-state index is 5.96. The lowest BCUT2D eigenvalue weighted by atomic mass is 9.96. The van der Waals surface area contributed by atoms with Crippen LogP contribution in [0.2, 0.25) is 5.02 Å². The van der Waals surface area contributed by atoms with Crippen LogP contribution in [0.25, 0.3) is 5.65 Å². The molecule has 2 aromatic rings. The lowest BCUT2D eigenvalue weighted by molar-refractivity contribution is 0.219. The van der Waals surface area contributed by atoms with Crippen molar-refractivity contribution in [2.45, 2.75) is 25.7 Å². The van der Waals surface area contributed by atoms with E-state index in [9.17, 15) is 0 Å². The smallest absolute Gasteiger partial charge is 0.157 e. The quantitative estimate of drug-likeness (QED) is 0.836. The minimum atomic E-state index is 0.492. The van der Waals surface area contributed by atoms with E-state index in [4.69, 9.17) is 11.6 Å². The minimum Gasteiger partial charge on any atom is -0.304 e. The molecule has 96 valence electrons. The summed E-state index contributed by atoms with van der Waals surface area (Å²) in [4.78, 5) is 7.07. The highest BCUT2D eigenvalue weighted by molar-refractivity contribution is 6.30. The first-order valence-corrected chi connectivity index (χ1v) is 6.88. The maximum atomic E-state index is 5.96. The summed E-state index contributed by atoms with van der Waals surface area (Å²) >= 11 is 5.96. The number of nitrogens with zero attached hydrogens (tertiary/aromatic N) is 4. The Labute approximate surface area is 112 Å². The highest BCUT2D eigenvalue weighted by atomic mass is 35.5. The molecule has 1 aliphatic heterocycles. The highest BCUT2D eigenvalue weighted by Gasteiger charge is 2.23. The molecule has 1 aliphatic rings. The summed E-state index contributed by atoms with van der Waals surface area (Å²) in [7, 11) is 0. The van der Waals surface area contributed by atoms with Crippen molar-refractivity contribution in [3.05, 3.63) is 29.2 Å². The van der Waals surface area contributed by atoms with Crippen LogP contribution < -0.4 is 0 Å².